The van der Waals surface area contributed by atoms with Gasteiger partial charge in [0.2, 0.25) is 0 Å². The van der Waals surface area contributed by atoms with Gasteiger partial charge in [-0.05, 0) is 27.3 Å². The highest BCUT2D eigenvalue weighted by Crippen LogP contribution is 2.17. The van der Waals surface area contributed by atoms with E-state index in [1.54, 1.807) is 6.92 Å². The predicted molar refractivity (Wildman–Crippen MR) is 62.7 cm³/mol. The van der Waals surface area contributed by atoms with Crippen molar-refractivity contribution in [2.75, 3.05) is 26.8 Å². The molecule has 1 aliphatic heterocycles. The van der Waals surface area contributed by atoms with Crippen LogP contribution in [-0.2, 0) is 19.1 Å². The van der Waals surface area contributed by atoms with E-state index in [0.717, 1.165) is 13.0 Å². The molecule has 17 heavy (non-hydrogen) atoms. The van der Waals surface area contributed by atoms with Crippen molar-refractivity contribution in [3.63, 3.8) is 0 Å². The number of likely N-dealkylation sites (N-methyl/N-ethyl adjacent to an activating group) is 1. The van der Waals surface area contributed by atoms with Gasteiger partial charge in [-0.25, -0.2) is 0 Å². The number of ether oxygens (including phenoxy) is 2. The minimum atomic E-state index is -0.443. The molecule has 1 rings (SSSR count). The van der Waals surface area contributed by atoms with Crippen molar-refractivity contribution >= 4 is 11.8 Å². The van der Waals surface area contributed by atoms with Gasteiger partial charge in [0.15, 0.2) is 5.78 Å². The van der Waals surface area contributed by atoms with Crippen LogP contribution in [0.5, 0.6) is 0 Å². The van der Waals surface area contributed by atoms with Crippen LogP contribution in [0.3, 0.4) is 0 Å². The minimum absolute atomic E-state index is 0.106. The molecular formula is C12H21NO4. The molecule has 98 valence electrons. The van der Waals surface area contributed by atoms with Crippen LogP contribution in [0.15, 0.2) is 0 Å². The van der Waals surface area contributed by atoms with E-state index in [1.165, 1.54) is 0 Å². The highest BCUT2D eigenvalue weighted by Gasteiger charge is 2.28. The molecule has 0 aliphatic carbocycles. The summed E-state index contributed by atoms with van der Waals surface area (Å²) in [5.74, 6) is -0.549. The number of esters is 1. The third-order valence-corrected chi connectivity index (χ3v) is 2.97. The SMILES string of the molecule is CCOC(=O)CC(=O)CN(C)C1CCOC1C. The largest absolute Gasteiger partial charge is 0.466 e. The van der Waals surface area contributed by atoms with Crippen molar-refractivity contribution < 1.29 is 19.1 Å². The molecule has 0 saturated carbocycles. The number of nitrogens with zero attached hydrogens (tertiary/aromatic N) is 1. The Morgan fingerprint density at radius 1 is 1.47 bits per heavy atom. The zero-order valence-electron chi connectivity index (χ0n) is 10.8. The fraction of sp³-hybridized carbons (Fsp3) is 0.833. The van der Waals surface area contributed by atoms with E-state index in [1.807, 2.05) is 18.9 Å². The van der Waals surface area contributed by atoms with Crippen molar-refractivity contribution in [3.05, 3.63) is 0 Å². The molecule has 5 nitrogen and oxygen atoms in total. The van der Waals surface area contributed by atoms with Gasteiger partial charge in [0.25, 0.3) is 0 Å². The Hall–Kier alpha value is -0.940. The van der Waals surface area contributed by atoms with Crippen molar-refractivity contribution in [1.29, 1.82) is 0 Å². The summed E-state index contributed by atoms with van der Waals surface area (Å²) in [6.07, 6.45) is 0.945. The van der Waals surface area contributed by atoms with Crippen LogP contribution in [0.4, 0.5) is 0 Å². The van der Waals surface area contributed by atoms with Crippen LogP contribution in [0.2, 0.25) is 0 Å². The zero-order chi connectivity index (χ0) is 12.8. The van der Waals surface area contributed by atoms with Gasteiger partial charge < -0.3 is 9.47 Å². The van der Waals surface area contributed by atoms with E-state index in [9.17, 15) is 9.59 Å². The summed E-state index contributed by atoms with van der Waals surface area (Å²) in [5.41, 5.74) is 0. The quantitative estimate of drug-likeness (QED) is 0.505. The normalized spacial score (nSPS) is 24.0. The fourth-order valence-corrected chi connectivity index (χ4v) is 2.12. The van der Waals surface area contributed by atoms with Gasteiger partial charge in [0.05, 0.1) is 19.3 Å². The summed E-state index contributed by atoms with van der Waals surface area (Å²) in [7, 11) is 1.89. The summed E-state index contributed by atoms with van der Waals surface area (Å²) in [6.45, 7) is 5.06. The average molecular weight is 243 g/mol. The van der Waals surface area contributed by atoms with Crippen molar-refractivity contribution in [2.45, 2.75) is 38.8 Å². The second-order valence-corrected chi connectivity index (χ2v) is 4.37. The van der Waals surface area contributed by atoms with E-state index in [-0.39, 0.29) is 30.9 Å². The zero-order valence-corrected chi connectivity index (χ0v) is 10.8. The Morgan fingerprint density at radius 3 is 2.71 bits per heavy atom. The number of carbonyl (C=O) groups excluding carboxylic acids is 2. The topological polar surface area (TPSA) is 55.8 Å². The second-order valence-electron chi connectivity index (χ2n) is 4.37. The van der Waals surface area contributed by atoms with E-state index in [2.05, 4.69) is 0 Å². The first-order chi connectivity index (χ1) is 8.04. The molecule has 1 aliphatic rings. The lowest BCUT2D eigenvalue weighted by Crippen LogP contribution is -2.40. The molecule has 1 heterocycles. The van der Waals surface area contributed by atoms with Gasteiger partial charge in [-0.2, -0.15) is 0 Å². The predicted octanol–water partition coefficient (Wildman–Crippen LogP) is 0.618. The lowest BCUT2D eigenvalue weighted by Gasteiger charge is -2.25. The maximum atomic E-state index is 11.6. The lowest BCUT2D eigenvalue weighted by molar-refractivity contribution is -0.145. The van der Waals surface area contributed by atoms with Crippen LogP contribution < -0.4 is 0 Å². The van der Waals surface area contributed by atoms with Crippen LogP contribution >= 0.6 is 0 Å². The van der Waals surface area contributed by atoms with Crippen LogP contribution in [-0.4, -0.2) is 55.6 Å². The molecule has 0 spiro atoms. The Bertz CT molecular complexity index is 280. The minimum Gasteiger partial charge on any atom is -0.466 e. The van der Waals surface area contributed by atoms with Crippen LogP contribution in [0.25, 0.3) is 0 Å². The molecule has 0 bridgehead atoms. The first-order valence-corrected chi connectivity index (χ1v) is 6.03. The molecule has 0 aromatic heterocycles. The molecule has 1 saturated heterocycles. The van der Waals surface area contributed by atoms with E-state index >= 15 is 0 Å². The molecule has 0 aromatic rings. The molecule has 2 atom stereocenters. The van der Waals surface area contributed by atoms with E-state index in [4.69, 9.17) is 9.47 Å². The van der Waals surface area contributed by atoms with E-state index in [0.29, 0.717) is 6.61 Å². The number of hydrogen-bond acceptors (Lipinski definition) is 5. The smallest absolute Gasteiger partial charge is 0.313 e. The molecular weight excluding hydrogens is 222 g/mol. The second kappa shape index (κ2) is 6.71. The summed E-state index contributed by atoms with van der Waals surface area (Å²) < 4.78 is 10.2. The number of hydrogen-bond donors (Lipinski definition) is 0. The highest BCUT2D eigenvalue weighted by molar-refractivity contribution is 5.96. The van der Waals surface area contributed by atoms with Gasteiger partial charge in [-0.3, -0.25) is 14.5 Å². The Labute approximate surface area is 102 Å². The summed E-state index contributed by atoms with van der Waals surface area (Å²) in [4.78, 5) is 24.7. The maximum Gasteiger partial charge on any atom is 0.313 e. The lowest BCUT2D eigenvalue weighted by atomic mass is 10.1. The van der Waals surface area contributed by atoms with Crippen molar-refractivity contribution in [1.82, 2.24) is 4.90 Å². The number of Topliss-reactive ketones (excluding diaryl/α,β-unsaturated/α-hetero) is 1. The summed E-state index contributed by atoms with van der Waals surface area (Å²) >= 11 is 0. The van der Waals surface area contributed by atoms with Gasteiger partial charge in [-0.15, -0.1) is 0 Å². The number of rotatable bonds is 6. The van der Waals surface area contributed by atoms with Crippen LogP contribution in [0, 0.1) is 0 Å². The van der Waals surface area contributed by atoms with Gasteiger partial charge in [0.1, 0.15) is 6.42 Å². The molecule has 0 radical (unpaired) electrons. The van der Waals surface area contributed by atoms with Crippen molar-refractivity contribution in [2.24, 2.45) is 0 Å². The molecule has 0 amide bonds. The Morgan fingerprint density at radius 2 is 2.18 bits per heavy atom. The first-order valence-electron chi connectivity index (χ1n) is 6.03. The number of carbonyl (C=O) groups is 2. The van der Waals surface area contributed by atoms with Crippen LogP contribution in [0.1, 0.15) is 26.7 Å². The molecule has 5 heteroatoms. The van der Waals surface area contributed by atoms with Crippen molar-refractivity contribution in [3.8, 4) is 0 Å². The average Bonchev–Trinajstić information content (AvgIpc) is 2.64. The Balaban J connectivity index is 2.32. The first kappa shape index (κ1) is 14.1. The molecule has 1 fully saturated rings. The molecule has 0 aromatic carbocycles. The Kier molecular flexibility index (Phi) is 5.58. The fourth-order valence-electron chi connectivity index (χ4n) is 2.12. The highest BCUT2D eigenvalue weighted by atomic mass is 16.5. The number of ketones is 1. The van der Waals surface area contributed by atoms with Gasteiger partial charge in [0, 0.05) is 12.6 Å². The third-order valence-electron chi connectivity index (χ3n) is 2.97. The standard InChI is InChI=1S/C12H21NO4/c1-4-16-12(15)7-10(14)8-13(3)11-5-6-17-9(11)2/h9,11H,4-8H2,1-3H3. The maximum absolute atomic E-state index is 11.6. The van der Waals surface area contributed by atoms with E-state index < -0.39 is 5.97 Å². The third kappa shape index (κ3) is 4.44. The molecule has 2 unspecified atom stereocenters. The summed E-state index contributed by atoms with van der Waals surface area (Å²) in [6, 6.07) is 0.265. The van der Waals surface area contributed by atoms with Gasteiger partial charge in [-0.1, -0.05) is 0 Å². The molecule has 0 N–H and O–H groups in total. The van der Waals surface area contributed by atoms with Gasteiger partial charge >= 0.3 is 5.97 Å². The monoisotopic (exact) mass is 243 g/mol. The summed E-state index contributed by atoms with van der Waals surface area (Å²) in [5, 5.41) is 0.